The van der Waals surface area contributed by atoms with Crippen LogP contribution in [0.2, 0.25) is 0 Å². The normalized spacial score (nSPS) is 14.0. The highest BCUT2D eigenvalue weighted by Crippen LogP contribution is 2.45. The van der Waals surface area contributed by atoms with Crippen LogP contribution in [0.15, 0.2) is 36.5 Å². The molecule has 0 amide bonds. The Balaban J connectivity index is 5.32. The van der Waals surface area contributed by atoms with Gasteiger partial charge in [-0.25, -0.2) is 9.13 Å². The average molecular weight is 1490 g/mol. The minimum absolute atomic E-state index is 0.0864. The fourth-order valence-corrected chi connectivity index (χ4v) is 13.7. The summed E-state index contributed by atoms with van der Waals surface area (Å²) in [7, 11) is -9.94. The lowest BCUT2D eigenvalue weighted by Crippen LogP contribution is -2.30. The van der Waals surface area contributed by atoms with Gasteiger partial charge in [0.15, 0.2) is 12.2 Å². The van der Waals surface area contributed by atoms with E-state index in [9.17, 15) is 43.2 Å². The molecule has 0 bridgehead atoms. The molecule has 600 valence electrons. The SMILES string of the molecule is CCCCC/C=C\C/C=C\CCCCCCCC(=O)O[C@H](COC(=O)CCCCCCCCCCCCCCCCC)COP(=O)(O)OC[C@@H](O)COP(=O)(O)OC[C@@H](COC(=O)CCCCCCC/C=C\CCCCCCCC)OC(=O)CCCCCCCCCCCCCCCCCCC. The first-order valence-electron chi connectivity index (χ1n) is 42.2. The average Bonchev–Trinajstić information content (AvgIpc) is 1.10. The van der Waals surface area contributed by atoms with Crippen LogP contribution in [0.3, 0.4) is 0 Å². The first-order valence-corrected chi connectivity index (χ1v) is 45.2. The zero-order valence-corrected chi connectivity index (χ0v) is 67.6. The number of phosphoric acid groups is 2. The Morgan fingerprint density at radius 3 is 0.755 bits per heavy atom. The van der Waals surface area contributed by atoms with Gasteiger partial charge in [0.2, 0.25) is 0 Å². The first-order chi connectivity index (χ1) is 49.7. The smallest absolute Gasteiger partial charge is 0.462 e. The first kappa shape index (κ1) is 99.3. The topological polar surface area (TPSA) is 237 Å². The number of aliphatic hydroxyl groups excluding tert-OH is 1. The van der Waals surface area contributed by atoms with E-state index in [-0.39, 0.29) is 25.7 Å². The van der Waals surface area contributed by atoms with Crippen molar-refractivity contribution in [2.45, 2.75) is 431 Å². The molecular weight excluding hydrogens is 1330 g/mol. The van der Waals surface area contributed by atoms with Crippen molar-refractivity contribution in [1.82, 2.24) is 0 Å². The van der Waals surface area contributed by atoms with Crippen LogP contribution in [0.1, 0.15) is 413 Å². The molecular formula is C83H156O17P2. The number of ether oxygens (including phenoxy) is 4. The number of allylic oxidation sites excluding steroid dienone is 6. The Kier molecular flexibility index (Phi) is 74.4. The van der Waals surface area contributed by atoms with Crippen LogP contribution in [-0.4, -0.2) is 96.7 Å². The summed E-state index contributed by atoms with van der Waals surface area (Å²) in [5.41, 5.74) is 0. The molecule has 3 N–H and O–H groups in total. The zero-order chi connectivity index (χ0) is 74.6. The summed E-state index contributed by atoms with van der Waals surface area (Å²) in [6.07, 6.45) is 73.9. The number of phosphoric ester groups is 2. The van der Waals surface area contributed by atoms with Gasteiger partial charge < -0.3 is 33.8 Å². The number of esters is 4. The van der Waals surface area contributed by atoms with Gasteiger partial charge in [-0.1, -0.05) is 340 Å². The Morgan fingerprint density at radius 1 is 0.275 bits per heavy atom. The monoisotopic (exact) mass is 1490 g/mol. The Morgan fingerprint density at radius 2 is 0.480 bits per heavy atom. The number of unbranched alkanes of at least 4 members (excludes halogenated alkanes) is 49. The van der Waals surface area contributed by atoms with Crippen LogP contribution in [0, 0.1) is 0 Å². The number of rotatable bonds is 81. The molecule has 19 heteroatoms. The molecule has 0 aliphatic rings. The maximum Gasteiger partial charge on any atom is 0.472 e. The predicted molar refractivity (Wildman–Crippen MR) is 418 cm³/mol. The molecule has 0 saturated heterocycles. The summed E-state index contributed by atoms with van der Waals surface area (Å²) in [4.78, 5) is 73.1. The van der Waals surface area contributed by atoms with E-state index in [1.54, 1.807) is 0 Å². The van der Waals surface area contributed by atoms with E-state index in [0.29, 0.717) is 25.7 Å². The van der Waals surface area contributed by atoms with E-state index in [0.717, 1.165) is 128 Å². The molecule has 0 aromatic rings. The predicted octanol–water partition coefficient (Wildman–Crippen LogP) is 24.7. The molecule has 17 nitrogen and oxygen atoms in total. The fraction of sp³-hybridized carbons (Fsp3) is 0.880. The molecule has 0 spiro atoms. The largest absolute Gasteiger partial charge is 0.472 e. The van der Waals surface area contributed by atoms with Crippen LogP contribution < -0.4 is 0 Å². The van der Waals surface area contributed by atoms with Crippen molar-refractivity contribution in [3.63, 3.8) is 0 Å². The Bertz CT molecular complexity index is 2070. The van der Waals surface area contributed by atoms with Gasteiger partial charge in [-0.15, -0.1) is 0 Å². The highest BCUT2D eigenvalue weighted by molar-refractivity contribution is 7.47. The molecule has 0 heterocycles. The van der Waals surface area contributed by atoms with Crippen LogP contribution in [0.4, 0.5) is 0 Å². The number of hydrogen-bond donors (Lipinski definition) is 3. The maximum absolute atomic E-state index is 13.1. The summed E-state index contributed by atoms with van der Waals surface area (Å²) < 4.78 is 68.8. The molecule has 0 saturated carbocycles. The molecule has 0 aliphatic heterocycles. The number of hydrogen-bond acceptors (Lipinski definition) is 15. The third kappa shape index (κ3) is 75.5. The van der Waals surface area contributed by atoms with E-state index >= 15 is 0 Å². The second kappa shape index (κ2) is 76.5. The molecule has 0 aromatic heterocycles. The van der Waals surface area contributed by atoms with E-state index in [4.69, 9.17) is 37.0 Å². The van der Waals surface area contributed by atoms with Gasteiger partial charge in [0.05, 0.1) is 26.4 Å². The molecule has 102 heavy (non-hydrogen) atoms. The third-order valence-electron chi connectivity index (χ3n) is 18.6. The molecule has 2 unspecified atom stereocenters. The molecule has 0 rings (SSSR count). The van der Waals surface area contributed by atoms with Gasteiger partial charge in [-0.3, -0.25) is 37.3 Å². The second-order valence-electron chi connectivity index (χ2n) is 28.8. The van der Waals surface area contributed by atoms with Crippen molar-refractivity contribution in [3.8, 4) is 0 Å². The highest BCUT2D eigenvalue weighted by atomic mass is 31.2. The summed E-state index contributed by atoms with van der Waals surface area (Å²) >= 11 is 0. The minimum Gasteiger partial charge on any atom is -0.462 e. The second-order valence-corrected chi connectivity index (χ2v) is 31.7. The zero-order valence-electron chi connectivity index (χ0n) is 65.8. The summed E-state index contributed by atoms with van der Waals surface area (Å²) in [5.74, 6) is -2.15. The summed E-state index contributed by atoms with van der Waals surface area (Å²) in [6, 6.07) is 0. The lowest BCUT2D eigenvalue weighted by atomic mass is 10.0. The quantitative estimate of drug-likeness (QED) is 0.0169. The van der Waals surface area contributed by atoms with Gasteiger partial charge in [-0.2, -0.15) is 0 Å². The van der Waals surface area contributed by atoms with Crippen LogP contribution in [0.25, 0.3) is 0 Å². The molecule has 0 aromatic carbocycles. The Labute approximate surface area is 624 Å². The standard InChI is InChI=1S/C83H156O17P2/c1-5-9-13-17-21-25-29-33-37-38-42-46-50-54-58-62-66-70-83(88)100-79(74-94-81(86)68-64-60-56-52-48-44-40-35-31-27-23-19-15-11-7-3)76-98-102(91,92)96-72-77(84)71-95-101(89,90)97-75-78(99-82(87)69-65-61-57-53-49-45-41-36-32-28-24-20-16-12-8-4)73-93-80(85)67-63-59-55-51-47-43-39-34-30-26-22-18-14-10-6-2/h24,28,35-36,40-41,77-79,84H,5-23,25-27,29-34,37-39,42-76H2,1-4H3,(H,89,90)(H,91,92)/b28-24-,40-35-,41-36-/t77-,78-,79-/m1/s1. The number of aliphatic hydroxyl groups is 1. The van der Waals surface area contributed by atoms with Crippen molar-refractivity contribution >= 4 is 39.5 Å². The van der Waals surface area contributed by atoms with Crippen LogP contribution in [-0.2, 0) is 65.4 Å². The maximum atomic E-state index is 13.1. The van der Waals surface area contributed by atoms with Crippen LogP contribution in [0.5, 0.6) is 0 Å². The van der Waals surface area contributed by atoms with E-state index < -0.39 is 97.5 Å². The molecule has 0 aliphatic carbocycles. The van der Waals surface area contributed by atoms with Gasteiger partial charge in [0.25, 0.3) is 0 Å². The van der Waals surface area contributed by atoms with Gasteiger partial charge >= 0.3 is 39.5 Å². The number of carbonyl (C=O) groups excluding carboxylic acids is 4. The van der Waals surface area contributed by atoms with E-state index in [2.05, 4.69) is 64.2 Å². The van der Waals surface area contributed by atoms with Crippen molar-refractivity contribution in [2.75, 3.05) is 39.6 Å². The van der Waals surface area contributed by atoms with Crippen molar-refractivity contribution in [3.05, 3.63) is 36.5 Å². The molecule has 5 atom stereocenters. The summed E-state index contributed by atoms with van der Waals surface area (Å²) in [5, 5.41) is 10.7. The lowest BCUT2D eigenvalue weighted by Gasteiger charge is -2.21. The molecule has 0 radical (unpaired) electrons. The summed E-state index contributed by atoms with van der Waals surface area (Å²) in [6.45, 7) is 4.94. The number of carbonyl (C=O) groups is 4. The van der Waals surface area contributed by atoms with E-state index in [1.165, 1.54) is 205 Å². The van der Waals surface area contributed by atoms with Gasteiger partial charge in [0.1, 0.15) is 19.3 Å². The fourth-order valence-electron chi connectivity index (χ4n) is 12.1. The van der Waals surface area contributed by atoms with Gasteiger partial charge in [0, 0.05) is 25.7 Å². The lowest BCUT2D eigenvalue weighted by molar-refractivity contribution is -0.161. The van der Waals surface area contributed by atoms with E-state index in [1.807, 2.05) is 0 Å². The van der Waals surface area contributed by atoms with Crippen molar-refractivity contribution in [1.29, 1.82) is 0 Å². The van der Waals surface area contributed by atoms with Crippen LogP contribution >= 0.6 is 15.6 Å². The van der Waals surface area contributed by atoms with Gasteiger partial charge in [-0.05, 0) is 83.5 Å². The Hall–Kier alpha value is -2.72. The highest BCUT2D eigenvalue weighted by Gasteiger charge is 2.30. The third-order valence-corrected chi connectivity index (χ3v) is 20.5. The minimum atomic E-state index is -4.97. The molecule has 0 fully saturated rings. The van der Waals surface area contributed by atoms with Crippen molar-refractivity contribution in [2.24, 2.45) is 0 Å². The van der Waals surface area contributed by atoms with Crippen molar-refractivity contribution < 1.29 is 80.2 Å².